The normalized spacial score (nSPS) is 14.8. The second kappa shape index (κ2) is 7.84. The number of carbonyl (C=O) groups excluding carboxylic acids is 1. The van der Waals surface area contributed by atoms with Gasteiger partial charge in [-0.15, -0.1) is 0 Å². The van der Waals surface area contributed by atoms with Crippen LogP contribution in [0.1, 0.15) is 23.3 Å². The van der Waals surface area contributed by atoms with Crippen LogP contribution >= 0.6 is 11.3 Å². The Morgan fingerprint density at radius 3 is 2.77 bits per heavy atom. The summed E-state index contributed by atoms with van der Waals surface area (Å²) in [6.07, 6.45) is 5.01. The molecule has 1 aliphatic heterocycles. The van der Waals surface area contributed by atoms with E-state index in [-0.39, 0.29) is 10.6 Å². The van der Waals surface area contributed by atoms with Crippen LogP contribution < -0.4 is 5.32 Å². The molecule has 4 aromatic rings. The Morgan fingerprint density at radius 1 is 1.16 bits per heavy atom. The van der Waals surface area contributed by atoms with E-state index in [1.165, 1.54) is 21.7 Å². The number of hydrogen-bond acceptors (Lipinski definition) is 8. The van der Waals surface area contributed by atoms with Gasteiger partial charge in [-0.05, 0) is 43.2 Å². The van der Waals surface area contributed by atoms with Crippen molar-refractivity contribution in [2.75, 3.05) is 18.4 Å². The SMILES string of the molecule is O=C(Nc1nc2ccc(S(=O)(=O)N3CCCC3)cc2s1)c1cc(-c2cccnc2)on1. The summed E-state index contributed by atoms with van der Waals surface area (Å²) in [5.74, 6) is -0.0397. The molecule has 31 heavy (non-hydrogen) atoms. The van der Waals surface area contributed by atoms with Gasteiger partial charge in [0.25, 0.3) is 5.91 Å². The number of thiazole rings is 1. The van der Waals surface area contributed by atoms with E-state index in [0.29, 0.717) is 39.8 Å². The summed E-state index contributed by atoms with van der Waals surface area (Å²) in [4.78, 5) is 21.2. The molecule has 0 radical (unpaired) electrons. The minimum atomic E-state index is -3.51. The molecule has 9 nitrogen and oxygen atoms in total. The van der Waals surface area contributed by atoms with Gasteiger partial charge in [0.05, 0.1) is 15.1 Å². The number of sulfonamides is 1. The van der Waals surface area contributed by atoms with Crippen molar-refractivity contribution in [3.8, 4) is 11.3 Å². The van der Waals surface area contributed by atoms with Gasteiger partial charge in [0.1, 0.15) is 0 Å². The molecule has 1 fully saturated rings. The van der Waals surface area contributed by atoms with Gasteiger partial charge in [0.2, 0.25) is 10.0 Å². The highest BCUT2D eigenvalue weighted by Gasteiger charge is 2.27. The van der Waals surface area contributed by atoms with Crippen LogP contribution in [0.15, 0.2) is 58.2 Å². The Balaban J connectivity index is 1.36. The summed E-state index contributed by atoms with van der Waals surface area (Å²) < 4.78 is 33.0. The Morgan fingerprint density at radius 2 is 2.00 bits per heavy atom. The van der Waals surface area contributed by atoms with Gasteiger partial charge < -0.3 is 4.52 Å². The third-order valence-electron chi connectivity index (χ3n) is 4.97. The Kier molecular flexibility index (Phi) is 5.00. The maximum absolute atomic E-state index is 12.8. The first-order valence-electron chi connectivity index (χ1n) is 9.60. The molecule has 3 aromatic heterocycles. The highest BCUT2D eigenvalue weighted by atomic mass is 32.2. The molecule has 1 N–H and O–H groups in total. The standard InChI is InChI=1S/C20H17N5O4S2/c26-19(16-11-17(29-24-16)13-4-3-7-21-12-13)23-20-22-15-6-5-14(10-18(15)30-20)31(27,28)25-8-1-2-9-25/h3-7,10-12H,1-2,8-9H2,(H,22,23,26). The van der Waals surface area contributed by atoms with E-state index in [2.05, 4.69) is 20.4 Å². The first kappa shape index (κ1) is 19.8. The number of benzene rings is 1. The maximum atomic E-state index is 12.8. The minimum absolute atomic E-state index is 0.107. The average Bonchev–Trinajstić information content (AvgIpc) is 3.54. The second-order valence-corrected chi connectivity index (χ2v) is 10.0. The number of pyridine rings is 1. The van der Waals surface area contributed by atoms with Crippen LogP contribution in [0.2, 0.25) is 0 Å². The summed E-state index contributed by atoms with van der Waals surface area (Å²) in [5, 5.41) is 6.86. The summed E-state index contributed by atoms with van der Waals surface area (Å²) in [7, 11) is -3.51. The molecule has 0 atom stereocenters. The van der Waals surface area contributed by atoms with Crippen LogP contribution in [0.5, 0.6) is 0 Å². The van der Waals surface area contributed by atoms with E-state index in [1.54, 1.807) is 42.7 Å². The fourth-order valence-corrected chi connectivity index (χ4v) is 5.90. The summed E-state index contributed by atoms with van der Waals surface area (Å²) in [6.45, 7) is 1.09. The summed E-state index contributed by atoms with van der Waals surface area (Å²) in [5.41, 5.74) is 1.42. The zero-order chi connectivity index (χ0) is 21.4. The van der Waals surface area contributed by atoms with E-state index in [4.69, 9.17) is 4.52 Å². The van der Waals surface area contributed by atoms with Gasteiger partial charge in [-0.1, -0.05) is 16.5 Å². The zero-order valence-corrected chi connectivity index (χ0v) is 17.8. The summed E-state index contributed by atoms with van der Waals surface area (Å²) >= 11 is 1.20. The lowest BCUT2D eigenvalue weighted by Crippen LogP contribution is -2.27. The lowest BCUT2D eigenvalue weighted by atomic mass is 10.2. The predicted molar refractivity (Wildman–Crippen MR) is 115 cm³/mol. The molecule has 4 heterocycles. The molecule has 5 rings (SSSR count). The number of aromatic nitrogens is 3. The number of amides is 1. The van der Waals surface area contributed by atoms with E-state index >= 15 is 0 Å². The van der Waals surface area contributed by atoms with Crippen LogP contribution in [0.3, 0.4) is 0 Å². The van der Waals surface area contributed by atoms with E-state index in [0.717, 1.165) is 12.8 Å². The molecular formula is C20H17N5O4S2. The van der Waals surface area contributed by atoms with Crippen molar-refractivity contribution in [3.63, 3.8) is 0 Å². The topological polar surface area (TPSA) is 118 Å². The van der Waals surface area contributed by atoms with Gasteiger partial charge in [-0.25, -0.2) is 13.4 Å². The monoisotopic (exact) mass is 455 g/mol. The number of nitrogens with one attached hydrogen (secondary N) is 1. The van der Waals surface area contributed by atoms with Crippen LogP contribution in [-0.2, 0) is 10.0 Å². The van der Waals surface area contributed by atoms with Crippen molar-refractivity contribution in [1.82, 2.24) is 19.4 Å². The van der Waals surface area contributed by atoms with Crippen molar-refractivity contribution in [2.45, 2.75) is 17.7 Å². The van der Waals surface area contributed by atoms with E-state index in [1.807, 2.05) is 0 Å². The van der Waals surface area contributed by atoms with Crippen LogP contribution in [0, 0.1) is 0 Å². The van der Waals surface area contributed by atoms with Gasteiger partial charge >= 0.3 is 0 Å². The van der Waals surface area contributed by atoms with Crippen molar-refractivity contribution in [3.05, 3.63) is 54.5 Å². The lowest BCUT2D eigenvalue weighted by Gasteiger charge is -2.15. The summed E-state index contributed by atoms with van der Waals surface area (Å²) in [6, 6.07) is 9.90. The van der Waals surface area contributed by atoms with Gasteiger partial charge in [-0.3, -0.25) is 15.1 Å². The molecule has 1 amide bonds. The smallest absolute Gasteiger partial charge is 0.279 e. The van der Waals surface area contributed by atoms with Crippen molar-refractivity contribution in [2.24, 2.45) is 0 Å². The minimum Gasteiger partial charge on any atom is -0.355 e. The third kappa shape index (κ3) is 3.82. The van der Waals surface area contributed by atoms with Gasteiger partial charge in [0.15, 0.2) is 16.6 Å². The molecule has 0 bridgehead atoms. The molecule has 1 saturated heterocycles. The molecule has 158 valence electrons. The molecule has 0 saturated carbocycles. The molecule has 1 aliphatic rings. The second-order valence-electron chi connectivity index (χ2n) is 7.03. The number of anilines is 1. The number of carbonyl (C=O) groups is 1. The number of hydrogen-bond donors (Lipinski definition) is 1. The molecule has 11 heteroatoms. The van der Waals surface area contributed by atoms with Crippen LogP contribution in [0.25, 0.3) is 21.5 Å². The highest BCUT2D eigenvalue weighted by Crippen LogP contribution is 2.30. The van der Waals surface area contributed by atoms with E-state index < -0.39 is 15.9 Å². The average molecular weight is 456 g/mol. The Hall–Kier alpha value is -3.15. The molecule has 0 aliphatic carbocycles. The van der Waals surface area contributed by atoms with Crippen molar-refractivity contribution >= 4 is 42.6 Å². The van der Waals surface area contributed by atoms with Crippen LogP contribution in [0.4, 0.5) is 5.13 Å². The Bertz CT molecular complexity index is 1360. The van der Waals surface area contributed by atoms with Crippen LogP contribution in [-0.4, -0.2) is 46.8 Å². The number of rotatable bonds is 5. The van der Waals surface area contributed by atoms with Crippen molar-refractivity contribution < 1.29 is 17.7 Å². The molecular weight excluding hydrogens is 438 g/mol. The molecule has 0 spiro atoms. The third-order valence-corrected chi connectivity index (χ3v) is 7.80. The quantitative estimate of drug-likeness (QED) is 0.490. The Labute approximate surface area is 181 Å². The lowest BCUT2D eigenvalue weighted by molar-refractivity contribution is 0.101. The van der Waals surface area contributed by atoms with Crippen molar-refractivity contribution in [1.29, 1.82) is 0 Å². The molecule has 1 aromatic carbocycles. The highest BCUT2D eigenvalue weighted by molar-refractivity contribution is 7.89. The fourth-order valence-electron chi connectivity index (χ4n) is 3.38. The van der Waals surface area contributed by atoms with E-state index in [9.17, 15) is 13.2 Å². The fraction of sp³-hybridized carbons (Fsp3) is 0.200. The van der Waals surface area contributed by atoms with Gasteiger partial charge in [0, 0.05) is 37.1 Å². The van der Waals surface area contributed by atoms with Gasteiger partial charge in [-0.2, -0.15) is 4.31 Å². The number of fused-ring (bicyclic) bond motifs is 1. The predicted octanol–water partition coefficient (Wildman–Crippen LogP) is 3.38. The number of nitrogens with zero attached hydrogens (tertiary/aromatic N) is 4. The first-order chi connectivity index (χ1) is 15.0. The zero-order valence-electron chi connectivity index (χ0n) is 16.2. The first-order valence-corrected chi connectivity index (χ1v) is 11.9. The largest absolute Gasteiger partial charge is 0.355 e. The molecule has 0 unspecified atom stereocenters. The maximum Gasteiger partial charge on any atom is 0.279 e.